The van der Waals surface area contributed by atoms with Crippen LogP contribution in [-0.4, -0.2) is 51.9 Å². The number of hydrogen-bond donors (Lipinski definition) is 0. The molecule has 1 aromatic rings. The number of piperidine rings is 1. The first kappa shape index (κ1) is 25.1. The highest BCUT2D eigenvalue weighted by molar-refractivity contribution is 8.00. The number of halogens is 1. The fourth-order valence-electron chi connectivity index (χ4n) is 4.94. The predicted molar refractivity (Wildman–Crippen MR) is 130 cm³/mol. The zero-order chi connectivity index (χ0) is 22.8. The summed E-state index contributed by atoms with van der Waals surface area (Å²) in [6.07, 6.45) is 13.5. The summed E-state index contributed by atoms with van der Waals surface area (Å²) in [7, 11) is 0. The molecule has 0 bridgehead atoms. The van der Waals surface area contributed by atoms with Crippen LogP contribution < -0.4 is 0 Å². The number of carbonyl (C=O) groups excluding carboxylic acids is 2. The molecule has 1 aromatic carbocycles. The number of rotatable bonds is 11. The van der Waals surface area contributed by atoms with Crippen molar-refractivity contribution in [3.05, 3.63) is 35.6 Å². The number of likely N-dealkylation sites (tertiary alicyclic amines) is 1. The number of nitrogens with zero attached hydrogens (tertiary/aromatic N) is 2. The van der Waals surface area contributed by atoms with Crippen LogP contribution in [0, 0.1) is 5.82 Å². The van der Waals surface area contributed by atoms with Crippen molar-refractivity contribution in [2.75, 3.05) is 25.4 Å². The summed E-state index contributed by atoms with van der Waals surface area (Å²) in [5.74, 6) is 0.680. The SMILES string of the molecule is CCCCCCCCCCCC(=O)N1CCC2(CC1)SCCN2C(=O)c1cccc(F)c1. The molecule has 2 aliphatic heterocycles. The number of hydrogen-bond acceptors (Lipinski definition) is 3. The highest BCUT2D eigenvalue weighted by atomic mass is 32.2. The topological polar surface area (TPSA) is 40.6 Å². The maximum atomic E-state index is 13.6. The number of amides is 2. The highest BCUT2D eigenvalue weighted by Crippen LogP contribution is 2.44. The molecule has 3 rings (SSSR count). The average Bonchev–Trinajstić information content (AvgIpc) is 3.20. The maximum Gasteiger partial charge on any atom is 0.255 e. The van der Waals surface area contributed by atoms with E-state index in [9.17, 15) is 14.0 Å². The van der Waals surface area contributed by atoms with Gasteiger partial charge in [-0.3, -0.25) is 9.59 Å². The molecule has 0 saturated carbocycles. The lowest BCUT2D eigenvalue weighted by Gasteiger charge is -2.44. The Bertz CT molecular complexity index is 749. The Morgan fingerprint density at radius 2 is 1.62 bits per heavy atom. The quantitative estimate of drug-likeness (QED) is 0.365. The van der Waals surface area contributed by atoms with E-state index in [1.807, 2.05) is 21.6 Å². The smallest absolute Gasteiger partial charge is 0.255 e. The normalized spacial score (nSPS) is 17.8. The van der Waals surface area contributed by atoms with Crippen LogP contribution in [-0.2, 0) is 4.79 Å². The first-order valence-corrected chi connectivity index (χ1v) is 13.5. The van der Waals surface area contributed by atoms with Crippen molar-refractivity contribution in [1.29, 1.82) is 0 Å². The number of unbranched alkanes of at least 4 members (excludes halogenated alkanes) is 8. The van der Waals surface area contributed by atoms with Gasteiger partial charge in [-0.25, -0.2) is 4.39 Å². The van der Waals surface area contributed by atoms with E-state index in [1.165, 1.54) is 57.1 Å². The molecule has 4 nitrogen and oxygen atoms in total. The third-order valence-electron chi connectivity index (χ3n) is 6.89. The molecular weight excluding hydrogens is 423 g/mol. The monoisotopic (exact) mass is 462 g/mol. The summed E-state index contributed by atoms with van der Waals surface area (Å²) >= 11 is 1.82. The average molecular weight is 463 g/mol. The van der Waals surface area contributed by atoms with Gasteiger partial charge in [-0.05, 0) is 37.5 Å². The molecule has 2 saturated heterocycles. The van der Waals surface area contributed by atoms with E-state index in [2.05, 4.69) is 6.92 Å². The first-order chi connectivity index (χ1) is 15.6. The van der Waals surface area contributed by atoms with Gasteiger partial charge in [-0.1, -0.05) is 64.4 Å². The van der Waals surface area contributed by atoms with E-state index in [4.69, 9.17) is 0 Å². The molecule has 0 aliphatic carbocycles. The molecule has 2 heterocycles. The Morgan fingerprint density at radius 1 is 0.969 bits per heavy atom. The summed E-state index contributed by atoms with van der Waals surface area (Å²) in [6.45, 7) is 4.34. The Labute approximate surface area is 197 Å². The molecule has 0 unspecified atom stereocenters. The number of thioether (sulfide) groups is 1. The molecule has 0 atom stereocenters. The lowest BCUT2D eigenvalue weighted by Crippen LogP contribution is -2.53. The molecule has 1 spiro atoms. The van der Waals surface area contributed by atoms with E-state index in [-0.39, 0.29) is 22.5 Å². The van der Waals surface area contributed by atoms with Crippen molar-refractivity contribution in [2.24, 2.45) is 0 Å². The second-order valence-electron chi connectivity index (χ2n) is 9.22. The number of carbonyl (C=O) groups is 2. The van der Waals surface area contributed by atoms with Gasteiger partial charge in [0.1, 0.15) is 5.82 Å². The van der Waals surface area contributed by atoms with Crippen molar-refractivity contribution < 1.29 is 14.0 Å². The van der Waals surface area contributed by atoms with Crippen LogP contribution in [0.5, 0.6) is 0 Å². The molecule has 178 valence electrons. The van der Waals surface area contributed by atoms with Gasteiger partial charge < -0.3 is 9.80 Å². The van der Waals surface area contributed by atoms with Gasteiger partial charge in [0.25, 0.3) is 5.91 Å². The zero-order valence-corrected chi connectivity index (χ0v) is 20.4. The number of benzene rings is 1. The van der Waals surface area contributed by atoms with Crippen molar-refractivity contribution in [2.45, 2.75) is 88.8 Å². The predicted octanol–water partition coefficient (Wildman–Crippen LogP) is 6.25. The van der Waals surface area contributed by atoms with Crippen molar-refractivity contribution >= 4 is 23.6 Å². The van der Waals surface area contributed by atoms with Crippen LogP contribution >= 0.6 is 11.8 Å². The zero-order valence-electron chi connectivity index (χ0n) is 19.6. The van der Waals surface area contributed by atoms with Crippen LogP contribution in [0.25, 0.3) is 0 Å². The third-order valence-corrected chi connectivity index (χ3v) is 8.44. The van der Waals surface area contributed by atoms with Gasteiger partial charge >= 0.3 is 0 Å². The molecule has 2 amide bonds. The molecule has 2 fully saturated rings. The van der Waals surface area contributed by atoms with Gasteiger partial charge in [-0.2, -0.15) is 0 Å². The second-order valence-corrected chi connectivity index (χ2v) is 10.7. The van der Waals surface area contributed by atoms with Gasteiger partial charge in [-0.15, -0.1) is 11.8 Å². The molecular formula is C26H39FN2O2S. The summed E-state index contributed by atoms with van der Waals surface area (Å²) in [4.78, 5) is 29.4. The minimum absolute atomic E-state index is 0.0935. The van der Waals surface area contributed by atoms with E-state index in [0.29, 0.717) is 31.6 Å². The first-order valence-electron chi connectivity index (χ1n) is 12.5. The van der Waals surface area contributed by atoms with Crippen LogP contribution in [0.2, 0.25) is 0 Å². The summed E-state index contributed by atoms with van der Waals surface area (Å²) < 4.78 is 13.6. The fourth-order valence-corrected chi connectivity index (χ4v) is 6.39. The Hall–Kier alpha value is -1.56. The Balaban J connectivity index is 1.39. The van der Waals surface area contributed by atoms with E-state index in [1.54, 1.807) is 12.1 Å². The Morgan fingerprint density at radius 3 is 2.28 bits per heavy atom. The second kappa shape index (κ2) is 12.6. The van der Waals surface area contributed by atoms with Gasteiger partial charge in [0, 0.05) is 37.4 Å². The van der Waals surface area contributed by atoms with Crippen LogP contribution in [0.4, 0.5) is 4.39 Å². The summed E-state index contributed by atoms with van der Waals surface area (Å²) in [5.41, 5.74) is 0.413. The molecule has 0 N–H and O–H groups in total. The van der Waals surface area contributed by atoms with E-state index in [0.717, 1.165) is 31.4 Å². The fraction of sp³-hybridized carbons (Fsp3) is 0.692. The van der Waals surface area contributed by atoms with E-state index >= 15 is 0 Å². The Kier molecular flexibility index (Phi) is 9.89. The van der Waals surface area contributed by atoms with Crippen molar-refractivity contribution in [3.63, 3.8) is 0 Å². The van der Waals surface area contributed by atoms with Crippen LogP contribution in [0.3, 0.4) is 0 Å². The lowest BCUT2D eigenvalue weighted by molar-refractivity contribution is -0.132. The third kappa shape index (κ3) is 6.72. The van der Waals surface area contributed by atoms with Gasteiger partial charge in [0.2, 0.25) is 5.91 Å². The molecule has 6 heteroatoms. The lowest BCUT2D eigenvalue weighted by atomic mass is 10.00. The maximum absolute atomic E-state index is 13.6. The highest BCUT2D eigenvalue weighted by Gasteiger charge is 2.47. The van der Waals surface area contributed by atoms with Crippen molar-refractivity contribution in [1.82, 2.24) is 9.80 Å². The molecule has 32 heavy (non-hydrogen) atoms. The molecule has 2 aliphatic rings. The standard InChI is InChI=1S/C26H39FN2O2S/c1-2-3-4-5-6-7-8-9-10-14-24(30)28-17-15-26(16-18-28)29(19-20-32-26)25(31)22-12-11-13-23(27)21-22/h11-13,21H,2-10,14-20H2,1H3. The van der Waals surface area contributed by atoms with E-state index < -0.39 is 0 Å². The van der Waals surface area contributed by atoms with Crippen molar-refractivity contribution in [3.8, 4) is 0 Å². The molecule has 0 aromatic heterocycles. The summed E-state index contributed by atoms with van der Waals surface area (Å²) in [6, 6.07) is 5.96. The van der Waals surface area contributed by atoms with Crippen LogP contribution in [0.15, 0.2) is 24.3 Å². The van der Waals surface area contributed by atoms with Gasteiger partial charge in [0.15, 0.2) is 0 Å². The molecule has 0 radical (unpaired) electrons. The minimum atomic E-state index is -0.381. The minimum Gasteiger partial charge on any atom is -0.342 e. The summed E-state index contributed by atoms with van der Waals surface area (Å²) in [5, 5.41) is 0. The van der Waals surface area contributed by atoms with Gasteiger partial charge in [0.05, 0.1) is 4.87 Å². The van der Waals surface area contributed by atoms with Crippen LogP contribution in [0.1, 0.15) is 94.3 Å². The largest absolute Gasteiger partial charge is 0.342 e.